The lowest BCUT2D eigenvalue weighted by molar-refractivity contribution is -0.115. The van der Waals surface area contributed by atoms with Gasteiger partial charge in [-0.05, 0) is 48.8 Å². The summed E-state index contributed by atoms with van der Waals surface area (Å²) in [6.45, 7) is 6.21. The van der Waals surface area contributed by atoms with Crippen LogP contribution in [0.15, 0.2) is 16.6 Å². The van der Waals surface area contributed by atoms with Gasteiger partial charge < -0.3 is 15.4 Å². The third-order valence-electron chi connectivity index (χ3n) is 2.27. The number of ether oxygens (including phenoxy) is 1. The van der Waals surface area contributed by atoms with Gasteiger partial charge in [0.25, 0.3) is 0 Å². The first-order valence-electron chi connectivity index (χ1n) is 5.81. The van der Waals surface area contributed by atoms with E-state index < -0.39 is 0 Å². The number of amides is 1. The van der Waals surface area contributed by atoms with Gasteiger partial charge in [0.05, 0.1) is 23.8 Å². The van der Waals surface area contributed by atoms with Gasteiger partial charge in [-0.15, -0.1) is 0 Å². The van der Waals surface area contributed by atoms with E-state index in [9.17, 15) is 4.79 Å². The Hall–Kier alpha value is -0.780. The monoisotopic (exact) mass is 348 g/mol. The summed E-state index contributed by atoms with van der Waals surface area (Å²) in [5.41, 5.74) is 0.429. The topological polar surface area (TPSA) is 50.4 Å². The summed E-state index contributed by atoms with van der Waals surface area (Å²) in [6, 6.07) is 3.36. The van der Waals surface area contributed by atoms with E-state index in [4.69, 9.17) is 16.3 Å². The molecule has 0 aliphatic heterocycles. The maximum absolute atomic E-state index is 11.9. The fraction of sp³-hybridized carbons (Fsp3) is 0.462. The molecular formula is C13H18BrClN2O2. The van der Waals surface area contributed by atoms with Crippen molar-refractivity contribution in [2.24, 2.45) is 0 Å². The molecule has 0 fully saturated rings. The maximum atomic E-state index is 11.9. The number of rotatable bonds is 4. The molecule has 0 heterocycles. The molecule has 1 rings (SSSR count). The van der Waals surface area contributed by atoms with Crippen LogP contribution in [0.25, 0.3) is 0 Å². The Morgan fingerprint density at radius 3 is 2.58 bits per heavy atom. The third kappa shape index (κ3) is 5.38. The van der Waals surface area contributed by atoms with Crippen LogP contribution in [0.5, 0.6) is 5.75 Å². The molecule has 0 aromatic heterocycles. The number of benzene rings is 1. The number of nitrogens with one attached hydrogen (secondary N) is 2. The summed E-state index contributed by atoms with van der Waals surface area (Å²) in [4.78, 5) is 11.9. The van der Waals surface area contributed by atoms with E-state index in [2.05, 4.69) is 26.6 Å². The molecule has 0 spiro atoms. The maximum Gasteiger partial charge on any atom is 0.238 e. The second-order valence-corrected chi connectivity index (χ2v) is 6.41. The van der Waals surface area contributed by atoms with Gasteiger partial charge in [0, 0.05) is 10.6 Å². The van der Waals surface area contributed by atoms with Gasteiger partial charge in [0.15, 0.2) is 5.75 Å². The van der Waals surface area contributed by atoms with Crippen LogP contribution in [0.2, 0.25) is 5.02 Å². The van der Waals surface area contributed by atoms with Crippen molar-refractivity contribution in [3.8, 4) is 5.75 Å². The minimum atomic E-state index is -0.151. The highest BCUT2D eigenvalue weighted by Gasteiger charge is 2.14. The minimum absolute atomic E-state index is 0.115. The summed E-state index contributed by atoms with van der Waals surface area (Å²) in [5, 5.41) is 6.41. The van der Waals surface area contributed by atoms with Crippen LogP contribution in [0.1, 0.15) is 20.8 Å². The van der Waals surface area contributed by atoms with Crippen molar-refractivity contribution in [2.75, 3.05) is 19.0 Å². The largest absolute Gasteiger partial charge is 0.493 e. The first kappa shape index (κ1) is 16.3. The quantitative estimate of drug-likeness (QED) is 0.875. The zero-order valence-corrected chi connectivity index (χ0v) is 13.8. The van der Waals surface area contributed by atoms with Gasteiger partial charge in [-0.2, -0.15) is 0 Å². The fourth-order valence-electron chi connectivity index (χ4n) is 1.40. The number of hydrogen-bond donors (Lipinski definition) is 2. The van der Waals surface area contributed by atoms with E-state index in [-0.39, 0.29) is 18.0 Å². The lowest BCUT2D eigenvalue weighted by atomic mass is 10.1. The van der Waals surface area contributed by atoms with Gasteiger partial charge in [-0.1, -0.05) is 11.6 Å². The first-order valence-corrected chi connectivity index (χ1v) is 6.98. The molecule has 0 bridgehead atoms. The van der Waals surface area contributed by atoms with Gasteiger partial charge in [-0.3, -0.25) is 4.79 Å². The van der Waals surface area contributed by atoms with Gasteiger partial charge in [-0.25, -0.2) is 0 Å². The Morgan fingerprint density at radius 2 is 2.05 bits per heavy atom. The lowest BCUT2D eigenvalue weighted by Crippen LogP contribution is -2.41. The van der Waals surface area contributed by atoms with Crippen LogP contribution in [0.3, 0.4) is 0 Å². The highest BCUT2D eigenvalue weighted by Crippen LogP contribution is 2.36. The number of halogens is 2. The molecule has 0 aliphatic carbocycles. The Bertz CT molecular complexity index is 472. The van der Waals surface area contributed by atoms with Crippen LogP contribution in [0.4, 0.5) is 5.69 Å². The summed E-state index contributed by atoms with van der Waals surface area (Å²) >= 11 is 9.30. The van der Waals surface area contributed by atoms with Gasteiger partial charge >= 0.3 is 0 Å². The van der Waals surface area contributed by atoms with E-state index >= 15 is 0 Å². The van der Waals surface area contributed by atoms with Gasteiger partial charge in [0.1, 0.15) is 0 Å². The normalized spacial score (nSPS) is 11.3. The predicted molar refractivity (Wildman–Crippen MR) is 82.1 cm³/mol. The van der Waals surface area contributed by atoms with Crippen molar-refractivity contribution in [3.05, 3.63) is 21.6 Å². The summed E-state index contributed by atoms with van der Waals surface area (Å²) in [6.07, 6.45) is 0. The average Bonchev–Trinajstić information content (AvgIpc) is 2.25. The second-order valence-electron chi connectivity index (χ2n) is 5.12. The molecule has 6 heteroatoms. The van der Waals surface area contributed by atoms with Crippen LogP contribution in [-0.4, -0.2) is 25.1 Å². The van der Waals surface area contributed by atoms with Crippen molar-refractivity contribution in [3.63, 3.8) is 0 Å². The number of carbonyl (C=O) groups is 1. The van der Waals surface area contributed by atoms with E-state index in [1.54, 1.807) is 12.1 Å². The summed E-state index contributed by atoms with van der Waals surface area (Å²) in [5.74, 6) is 0.399. The van der Waals surface area contributed by atoms with Crippen molar-refractivity contribution in [1.82, 2.24) is 5.32 Å². The van der Waals surface area contributed by atoms with Gasteiger partial charge in [0.2, 0.25) is 5.91 Å². The van der Waals surface area contributed by atoms with Crippen LogP contribution < -0.4 is 15.4 Å². The molecule has 0 aliphatic rings. The molecule has 0 radical (unpaired) electrons. The average molecular weight is 350 g/mol. The molecule has 1 amide bonds. The Morgan fingerprint density at radius 1 is 1.42 bits per heavy atom. The highest BCUT2D eigenvalue weighted by molar-refractivity contribution is 9.10. The molecule has 1 aromatic carbocycles. The van der Waals surface area contributed by atoms with Crippen LogP contribution in [-0.2, 0) is 4.79 Å². The number of methoxy groups -OCH3 is 1. The molecule has 4 nitrogen and oxygen atoms in total. The van der Waals surface area contributed by atoms with Crippen LogP contribution in [0, 0.1) is 0 Å². The number of anilines is 1. The number of carbonyl (C=O) groups excluding carboxylic acids is 1. The predicted octanol–water partition coefficient (Wildman–Crippen LogP) is 3.44. The van der Waals surface area contributed by atoms with Crippen LogP contribution >= 0.6 is 27.5 Å². The minimum Gasteiger partial charge on any atom is -0.493 e. The molecule has 106 valence electrons. The molecule has 2 N–H and O–H groups in total. The number of hydrogen-bond acceptors (Lipinski definition) is 3. The highest BCUT2D eigenvalue weighted by atomic mass is 79.9. The molecular weight excluding hydrogens is 332 g/mol. The van der Waals surface area contributed by atoms with E-state index in [1.165, 1.54) is 7.11 Å². The van der Waals surface area contributed by atoms with Crippen molar-refractivity contribution >= 4 is 39.1 Å². The van der Waals surface area contributed by atoms with E-state index in [0.29, 0.717) is 20.9 Å². The molecule has 0 unspecified atom stereocenters. The Kier molecular flexibility index (Phi) is 5.64. The van der Waals surface area contributed by atoms with Crippen molar-refractivity contribution in [1.29, 1.82) is 0 Å². The molecule has 1 aromatic rings. The van der Waals surface area contributed by atoms with Crippen molar-refractivity contribution < 1.29 is 9.53 Å². The standard InChI is InChI=1S/C13H18BrClN2O2/c1-13(2,3)16-7-11(18)17-10-6-8(15)5-9(14)12(10)19-4/h5-6,16H,7H2,1-4H3,(H,17,18). The molecule has 0 atom stereocenters. The van der Waals surface area contributed by atoms with E-state index in [1.807, 2.05) is 20.8 Å². The summed E-state index contributed by atoms with van der Waals surface area (Å²) < 4.78 is 5.93. The molecule has 19 heavy (non-hydrogen) atoms. The Labute approximate surface area is 127 Å². The molecule has 0 saturated carbocycles. The smallest absolute Gasteiger partial charge is 0.238 e. The fourth-order valence-corrected chi connectivity index (χ4v) is 2.37. The zero-order chi connectivity index (χ0) is 14.6. The second kappa shape index (κ2) is 6.59. The Balaban J connectivity index is 2.79. The summed E-state index contributed by atoms with van der Waals surface area (Å²) in [7, 11) is 1.54. The first-order chi connectivity index (χ1) is 8.73. The third-order valence-corrected chi connectivity index (χ3v) is 3.07. The van der Waals surface area contributed by atoms with E-state index in [0.717, 1.165) is 0 Å². The lowest BCUT2D eigenvalue weighted by Gasteiger charge is -2.20. The molecule has 0 saturated heterocycles. The van der Waals surface area contributed by atoms with Crippen molar-refractivity contribution in [2.45, 2.75) is 26.3 Å². The zero-order valence-electron chi connectivity index (χ0n) is 11.4. The SMILES string of the molecule is COc1c(Br)cc(Cl)cc1NC(=O)CNC(C)(C)C.